The maximum atomic E-state index is 14.1. The van der Waals surface area contributed by atoms with Gasteiger partial charge in [0.1, 0.15) is 0 Å². The van der Waals surface area contributed by atoms with Gasteiger partial charge in [0.25, 0.3) is 0 Å². The Morgan fingerprint density at radius 2 is 1.76 bits per heavy atom. The number of halogens is 3. The topological polar surface area (TPSA) is 130 Å². The maximum absolute atomic E-state index is 14.1. The van der Waals surface area contributed by atoms with E-state index in [9.17, 15) is 22.8 Å². The number of aromatic nitrogens is 2. The molecule has 8 nitrogen and oxygen atoms in total. The highest BCUT2D eigenvalue weighted by molar-refractivity contribution is 5.85. The first-order valence-corrected chi connectivity index (χ1v) is 11.6. The van der Waals surface area contributed by atoms with Gasteiger partial charge in [-0.3, -0.25) is 4.79 Å². The van der Waals surface area contributed by atoms with E-state index < -0.39 is 41.1 Å². The van der Waals surface area contributed by atoms with Crippen LogP contribution in [0, 0.1) is 5.41 Å². The number of carbonyl (C=O) groups is 2. The summed E-state index contributed by atoms with van der Waals surface area (Å²) >= 11 is 0. The van der Waals surface area contributed by atoms with E-state index in [0.717, 1.165) is 11.8 Å². The molecule has 1 heterocycles. The minimum atomic E-state index is -4.73. The minimum absolute atomic E-state index is 0.0641. The first kappa shape index (κ1) is 25.9. The third-order valence-corrected chi connectivity index (χ3v) is 6.69. The van der Waals surface area contributed by atoms with Gasteiger partial charge in [0.05, 0.1) is 22.7 Å². The van der Waals surface area contributed by atoms with Crippen molar-refractivity contribution in [2.45, 2.75) is 44.3 Å². The predicted octanol–water partition coefficient (Wildman–Crippen LogP) is 5.16. The molecule has 2 atom stereocenters. The Kier molecular flexibility index (Phi) is 7.06. The van der Waals surface area contributed by atoms with E-state index in [2.05, 4.69) is 20.6 Å². The van der Waals surface area contributed by atoms with Crippen LogP contribution in [0.15, 0.2) is 60.8 Å². The van der Waals surface area contributed by atoms with Crippen molar-refractivity contribution in [2.75, 3.05) is 5.32 Å². The monoisotopic (exact) mass is 513 g/mol. The number of anilines is 2. The van der Waals surface area contributed by atoms with Gasteiger partial charge in [0, 0.05) is 17.8 Å². The molecule has 0 bridgehead atoms. The van der Waals surface area contributed by atoms with E-state index in [-0.39, 0.29) is 18.1 Å². The summed E-state index contributed by atoms with van der Waals surface area (Å²) in [6, 6.07) is 15.1. The summed E-state index contributed by atoms with van der Waals surface area (Å²) in [5, 5.41) is 14.1. The fraction of sp³-hybridized carbons (Fsp3) is 0.308. The number of nitrogens with two attached hydrogens (primary N) is 1. The third kappa shape index (κ3) is 5.82. The van der Waals surface area contributed by atoms with Crippen LogP contribution in [-0.4, -0.2) is 27.1 Å². The second-order valence-electron chi connectivity index (χ2n) is 9.17. The summed E-state index contributed by atoms with van der Waals surface area (Å²) in [6.45, 7) is 1.68. The van der Waals surface area contributed by atoms with Crippen molar-refractivity contribution < 1.29 is 27.9 Å². The molecule has 5 N–H and O–H groups in total. The van der Waals surface area contributed by atoms with Crippen LogP contribution in [0.1, 0.15) is 54.1 Å². The van der Waals surface area contributed by atoms with Gasteiger partial charge in [-0.25, -0.2) is 14.8 Å². The van der Waals surface area contributed by atoms with Crippen LogP contribution >= 0.6 is 0 Å². The smallest absolute Gasteiger partial charge is 0.419 e. The van der Waals surface area contributed by atoms with Gasteiger partial charge in [-0.15, -0.1) is 0 Å². The average molecular weight is 514 g/mol. The number of hydrogen-bond acceptors (Lipinski definition) is 5. The number of benzene rings is 2. The lowest BCUT2D eigenvalue weighted by Crippen LogP contribution is -2.33. The zero-order valence-electron chi connectivity index (χ0n) is 19.9. The molecule has 0 radical (unpaired) electrons. The van der Waals surface area contributed by atoms with Crippen LogP contribution in [0.4, 0.5) is 29.6 Å². The number of carbonyl (C=O) groups excluding carboxylic acids is 1. The standard InChI is InChI=1S/C26H26F3N5O3/c1-15(32-24(36)37)17-7-9-18(10-8-17)33-23-31-14-20(26(27,28)29)21(34-23)19(25(11-12-25)22(30)35)13-16-5-3-2-4-6-16/h2-10,14-15,19,32H,11-13H2,1H3,(H2,30,35)(H,36,37)(H,31,33,34). The van der Waals surface area contributed by atoms with Crippen LogP contribution in [0.2, 0.25) is 0 Å². The fourth-order valence-corrected chi connectivity index (χ4v) is 4.50. The maximum Gasteiger partial charge on any atom is 0.419 e. The van der Waals surface area contributed by atoms with Crippen molar-refractivity contribution in [3.05, 3.63) is 83.2 Å². The van der Waals surface area contributed by atoms with Crippen LogP contribution in [-0.2, 0) is 17.4 Å². The molecular formula is C26H26F3N5O3. The number of amides is 2. The average Bonchev–Trinajstić information content (AvgIpc) is 3.65. The van der Waals surface area contributed by atoms with Gasteiger partial charge in [-0.05, 0) is 49.4 Å². The number of rotatable bonds is 9. The molecule has 2 aromatic carbocycles. The van der Waals surface area contributed by atoms with E-state index in [1.165, 1.54) is 0 Å². The van der Waals surface area contributed by atoms with Crippen molar-refractivity contribution >= 4 is 23.6 Å². The SMILES string of the molecule is CC(NC(=O)O)c1ccc(Nc2ncc(C(F)(F)F)c(C(Cc3ccccc3)C3(C(N)=O)CC3)n2)cc1. The molecule has 1 fully saturated rings. The van der Waals surface area contributed by atoms with E-state index >= 15 is 0 Å². The summed E-state index contributed by atoms with van der Waals surface area (Å²) in [4.78, 5) is 31.4. The van der Waals surface area contributed by atoms with Crippen molar-refractivity contribution in [3.63, 3.8) is 0 Å². The molecule has 11 heteroatoms. The highest BCUT2D eigenvalue weighted by atomic mass is 19.4. The van der Waals surface area contributed by atoms with Crippen LogP contribution < -0.4 is 16.4 Å². The zero-order chi connectivity index (χ0) is 26.8. The van der Waals surface area contributed by atoms with Crippen LogP contribution in [0.25, 0.3) is 0 Å². The lowest BCUT2D eigenvalue weighted by molar-refractivity contribution is -0.139. The molecule has 1 saturated carbocycles. The van der Waals surface area contributed by atoms with E-state index in [0.29, 0.717) is 24.1 Å². The lowest BCUT2D eigenvalue weighted by atomic mass is 9.79. The Morgan fingerprint density at radius 1 is 1.11 bits per heavy atom. The van der Waals surface area contributed by atoms with Gasteiger partial charge in [-0.2, -0.15) is 13.2 Å². The van der Waals surface area contributed by atoms with Gasteiger partial charge in [-0.1, -0.05) is 42.5 Å². The number of nitrogens with zero attached hydrogens (tertiary/aromatic N) is 2. The molecule has 0 spiro atoms. The molecule has 2 amide bonds. The molecule has 1 aliphatic carbocycles. The van der Waals surface area contributed by atoms with Gasteiger partial charge in [0.2, 0.25) is 11.9 Å². The molecule has 3 aromatic rings. The predicted molar refractivity (Wildman–Crippen MR) is 130 cm³/mol. The Bertz CT molecular complexity index is 1280. The second kappa shape index (κ2) is 10.1. The third-order valence-electron chi connectivity index (χ3n) is 6.69. The summed E-state index contributed by atoms with van der Waals surface area (Å²) < 4.78 is 42.2. The Morgan fingerprint density at radius 3 is 2.30 bits per heavy atom. The Hall–Kier alpha value is -4.15. The normalized spacial score (nSPS) is 15.9. The molecule has 1 aromatic heterocycles. The molecule has 37 heavy (non-hydrogen) atoms. The van der Waals surface area contributed by atoms with Crippen LogP contribution in [0.5, 0.6) is 0 Å². The summed E-state index contributed by atoms with van der Waals surface area (Å²) in [6.07, 6.45) is -4.23. The van der Waals surface area contributed by atoms with Crippen molar-refractivity contribution in [3.8, 4) is 0 Å². The first-order chi connectivity index (χ1) is 17.5. The zero-order valence-corrected chi connectivity index (χ0v) is 19.9. The fourth-order valence-electron chi connectivity index (χ4n) is 4.50. The number of primary amides is 1. The van der Waals surface area contributed by atoms with Crippen molar-refractivity contribution in [1.82, 2.24) is 15.3 Å². The second-order valence-corrected chi connectivity index (χ2v) is 9.17. The van der Waals surface area contributed by atoms with E-state index in [1.54, 1.807) is 61.5 Å². The molecular weight excluding hydrogens is 487 g/mol. The first-order valence-electron chi connectivity index (χ1n) is 11.6. The summed E-state index contributed by atoms with van der Waals surface area (Å²) in [5.41, 5.74) is 5.25. The number of nitrogens with one attached hydrogen (secondary N) is 2. The molecule has 2 unspecified atom stereocenters. The number of carboxylic acid groups (broad SMARTS) is 1. The highest BCUT2D eigenvalue weighted by Crippen LogP contribution is 2.58. The van der Waals surface area contributed by atoms with Gasteiger partial charge >= 0.3 is 12.3 Å². The Labute approximate surface area is 211 Å². The Balaban J connectivity index is 1.70. The molecule has 0 saturated heterocycles. The summed E-state index contributed by atoms with van der Waals surface area (Å²) in [5.74, 6) is -1.60. The largest absolute Gasteiger partial charge is 0.465 e. The van der Waals surface area contributed by atoms with Crippen molar-refractivity contribution in [1.29, 1.82) is 0 Å². The molecule has 4 rings (SSSR count). The van der Waals surface area contributed by atoms with Gasteiger partial charge in [0.15, 0.2) is 0 Å². The highest BCUT2D eigenvalue weighted by Gasteiger charge is 2.57. The van der Waals surface area contributed by atoms with Gasteiger partial charge < -0.3 is 21.5 Å². The quantitative estimate of drug-likeness (QED) is 0.313. The molecule has 1 aliphatic rings. The summed E-state index contributed by atoms with van der Waals surface area (Å²) in [7, 11) is 0. The number of hydrogen-bond donors (Lipinski definition) is 4. The van der Waals surface area contributed by atoms with E-state index in [1.807, 2.05) is 0 Å². The lowest BCUT2D eigenvalue weighted by Gasteiger charge is -2.27. The minimum Gasteiger partial charge on any atom is -0.465 e. The van der Waals surface area contributed by atoms with Crippen molar-refractivity contribution in [2.24, 2.45) is 11.1 Å². The number of alkyl halides is 3. The van der Waals surface area contributed by atoms with Crippen LogP contribution in [0.3, 0.4) is 0 Å². The molecule has 194 valence electrons. The van der Waals surface area contributed by atoms with E-state index in [4.69, 9.17) is 10.8 Å². The molecule has 0 aliphatic heterocycles.